The van der Waals surface area contributed by atoms with Crippen LogP contribution in [0.2, 0.25) is 0 Å². The van der Waals surface area contributed by atoms with E-state index in [1.54, 1.807) is 23.9 Å². The highest BCUT2D eigenvalue weighted by Crippen LogP contribution is 2.11. The van der Waals surface area contributed by atoms with E-state index >= 15 is 0 Å². The van der Waals surface area contributed by atoms with Crippen molar-refractivity contribution in [1.29, 1.82) is 0 Å². The van der Waals surface area contributed by atoms with E-state index in [9.17, 15) is 4.79 Å². The molecule has 19 heavy (non-hydrogen) atoms. The van der Waals surface area contributed by atoms with E-state index in [-0.39, 0.29) is 12.5 Å². The summed E-state index contributed by atoms with van der Waals surface area (Å²) >= 11 is 0. The van der Waals surface area contributed by atoms with Crippen LogP contribution < -0.4 is 10.2 Å². The molecule has 0 unspecified atom stereocenters. The number of aromatic nitrogens is 2. The largest absolute Gasteiger partial charge is 0.407 e. The van der Waals surface area contributed by atoms with E-state index < -0.39 is 0 Å². The maximum Gasteiger partial charge on any atom is 0.318 e. The zero-order valence-electron chi connectivity index (χ0n) is 12.1. The third-order valence-corrected chi connectivity index (χ3v) is 2.64. The number of carbonyl (C=O) groups is 1. The molecule has 1 aromatic heterocycles. The maximum atomic E-state index is 11.7. The van der Waals surface area contributed by atoms with Gasteiger partial charge in [0.05, 0.1) is 6.54 Å². The number of nitrogens with zero attached hydrogens (tertiary/aromatic N) is 4. The standard InChI is InChI=1S/C12H23N5O2/c1-5-7-13-8-10-14-15-12(19-10)17(6-2)9-11(18)16(3)4/h13H,5-9H2,1-4H3. The molecule has 7 heteroatoms. The fraction of sp³-hybridized carbons (Fsp3) is 0.750. The summed E-state index contributed by atoms with van der Waals surface area (Å²) in [6, 6.07) is 0.394. The van der Waals surface area contributed by atoms with Gasteiger partial charge in [-0.2, -0.15) is 0 Å². The lowest BCUT2D eigenvalue weighted by Crippen LogP contribution is -2.36. The summed E-state index contributed by atoms with van der Waals surface area (Å²) in [5.41, 5.74) is 0. The fourth-order valence-corrected chi connectivity index (χ4v) is 1.44. The van der Waals surface area contributed by atoms with Crippen molar-refractivity contribution >= 4 is 11.9 Å². The van der Waals surface area contributed by atoms with Gasteiger partial charge in [0.1, 0.15) is 6.54 Å². The number of nitrogens with one attached hydrogen (secondary N) is 1. The third kappa shape index (κ3) is 4.86. The normalized spacial score (nSPS) is 10.5. The summed E-state index contributed by atoms with van der Waals surface area (Å²) in [4.78, 5) is 15.0. The highest BCUT2D eigenvalue weighted by atomic mass is 16.4. The monoisotopic (exact) mass is 269 g/mol. The van der Waals surface area contributed by atoms with Crippen molar-refractivity contribution in [3.05, 3.63) is 5.89 Å². The summed E-state index contributed by atoms with van der Waals surface area (Å²) in [7, 11) is 3.45. The Labute approximate surface area is 114 Å². The fourth-order valence-electron chi connectivity index (χ4n) is 1.44. The molecule has 0 aliphatic carbocycles. The molecule has 1 N–H and O–H groups in total. The highest BCUT2D eigenvalue weighted by Gasteiger charge is 2.17. The average Bonchev–Trinajstić information content (AvgIpc) is 2.84. The van der Waals surface area contributed by atoms with Crippen molar-refractivity contribution in [3.63, 3.8) is 0 Å². The van der Waals surface area contributed by atoms with Crippen LogP contribution >= 0.6 is 0 Å². The van der Waals surface area contributed by atoms with Crippen molar-refractivity contribution in [1.82, 2.24) is 20.4 Å². The number of hydrogen-bond acceptors (Lipinski definition) is 6. The smallest absolute Gasteiger partial charge is 0.318 e. The van der Waals surface area contributed by atoms with Gasteiger partial charge in [-0.05, 0) is 19.9 Å². The minimum absolute atomic E-state index is 0.00529. The van der Waals surface area contributed by atoms with Crippen molar-refractivity contribution in [2.24, 2.45) is 0 Å². The van der Waals surface area contributed by atoms with E-state index in [1.165, 1.54) is 0 Å². The molecule has 0 aliphatic heterocycles. The van der Waals surface area contributed by atoms with Crippen molar-refractivity contribution < 1.29 is 9.21 Å². The molecule has 0 aromatic carbocycles. The Morgan fingerprint density at radius 2 is 2.05 bits per heavy atom. The summed E-state index contributed by atoms with van der Waals surface area (Å²) in [6.45, 7) is 6.39. The second kappa shape index (κ2) is 7.73. The maximum absolute atomic E-state index is 11.7. The molecule has 1 heterocycles. The van der Waals surface area contributed by atoms with Gasteiger partial charge in [0.2, 0.25) is 11.8 Å². The quantitative estimate of drug-likeness (QED) is 0.692. The van der Waals surface area contributed by atoms with Crippen LogP contribution in [-0.2, 0) is 11.3 Å². The molecule has 0 fully saturated rings. The topological polar surface area (TPSA) is 74.5 Å². The van der Waals surface area contributed by atoms with E-state index in [2.05, 4.69) is 22.4 Å². The molecule has 1 aromatic rings. The van der Waals surface area contributed by atoms with E-state index in [0.717, 1.165) is 13.0 Å². The molecule has 0 saturated heterocycles. The van der Waals surface area contributed by atoms with Crippen LogP contribution in [-0.4, -0.2) is 54.7 Å². The second-order valence-electron chi connectivity index (χ2n) is 4.46. The Balaban J connectivity index is 2.58. The molecule has 1 rings (SSSR count). The zero-order valence-corrected chi connectivity index (χ0v) is 12.1. The summed E-state index contributed by atoms with van der Waals surface area (Å²) in [5.74, 6) is 0.546. The molecule has 0 saturated carbocycles. The van der Waals surface area contributed by atoms with E-state index in [1.807, 2.05) is 6.92 Å². The molecule has 0 radical (unpaired) electrons. The van der Waals surface area contributed by atoms with Crippen LogP contribution in [0.1, 0.15) is 26.2 Å². The summed E-state index contributed by atoms with van der Waals surface area (Å²) < 4.78 is 5.53. The average molecular weight is 269 g/mol. The van der Waals surface area contributed by atoms with Crippen LogP contribution in [0, 0.1) is 0 Å². The zero-order chi connectivity index (χ0) is 14.3. The Hall–Kier alpha value is -1.63. The Morgan fingerprint density at radius 3 is 2.63 bits per heavy atom. The minimum atomic E-state index is 0.00529. The Bertz CT molecular complexity index is 391. The Kier molecular flexibility index (Phi) is 6.27. The first-order chi connectivity index (χ1) is 9.08. The van der Waals surface area contributed by atoms with Crippen LogP contribution in [0.25, 0.3) is 0 Å². The molecular formula is C12H23N5O2. The van der Waals surface area contributed by atoms with Crippen LogP contribution in [0.15, 0.2) is 4.42 Å². The number of rotatable bonds is 8. The van der Waals surface area contributed by atoms with Gasteiger partial charge in [-0.3, -0.25) is 4.79 Å². The van der Waals surface area contributed by atoms with Crippen LogP contribution in [0.5, 0.6) is 0 Å². The lowest BCUT2D eigenvalue weighted by molar-refractivity contribution is -0.127. The number of amides is 1. The molecule has 7 nitrogen and oxygen atoms in total. The third-order valence-electron chi connectivity index (χ3n) is 2.64. The van der Waals surface area contributed by atoms with Gasteiger partial charge in [0.15, 0.2) is 0 Å². The molecule has 0 atom stereocenters. The van der Waals surface area contributed by atoms with Gasteiger partial charge >= 0.3 is 6.01 Å². The SMILES string of the molecule is CCCNCc1nnc(N(CC)CC(=O)N(C)C)o1. The summed E-state index contributed by atoms with van der Waals surface area (Å²) in [5, 5.41) is 11.1. The lowest BCUT2D eigenvalue weighted by atomic mass is 10.4. The summed E-state index contributed by atoms with van der Waals surface area (Å²) in [6.07, 6.45) is 1.05. The van der Waals surface area contributed by atoms with Crippen molar-refractivity contribution in [3.8, 4) is 0 Å². The first-order valence-corrected chi connectivity index (χ1v) is 6.56. The van der Waals surface area contributed by atoms with Gasteiger partial charge in [-0.15, -0.1) is 5.10 Å². The van der Waals surface area contributed by atoms with Gasteiger partial charge in [-0.1, -0.05) is 12.0 Å². The van der Waals surface area contributed by atoms with Gasteiger partial charge in [-0.25, -0.2) is 0 Å². The Morgan fingerprint density at radius 1 is 1.32 bits per heavy atom. The van der Waals surface area contributed by atoms with Crippen molar-refractivity contribution in [2.75, 3.05) is 38.6 Å². The van der Waals surface area contributed by atoms with E-state index in [4.69, 9.17) is 4.42 Å². The molecule has 108 valence electrons. The molecule has 1 amide bonds. The number of hydrogen-bond donors (Lipinski definition) is 1. The first kappa shape index (κ1) is 15.4. The highest BCUT2D eigenvalue weighted by molar-refractivity contribution is 5.80. The molecule has 0 bridgehead atoms. The molecule has 0 aliphatic rings. The van der Waals surface area contributed by atoms with Crippen LogP contribution in [0.4, 0.5) is 6.01 Å². The number of anilines is 1. The first-order valence-electron chi connectivity index (χ1n) is 6.56. The predicted octanol–water partition coefficient (Wildman–Crippen LogP) is 0.484. The number of carbonyl (C=O) groups excluding carboxylic acids is 1. The van der Waals surface area contributed by atoms with E-state index in [0.29, 0.717) is 25.0 Å². The minimum Gasteiger partial charge on any atom is -0.407 e. The number of likely N-dealkylation sites (N-methyl/N-ethyl adjacent to an activating group) is 2. The lowest BCUT2D eigenvalue weighted by Gasteiger charge is -2.19. The molecular weight excluding hydrogens is 246 g/mol. The van der Waals surface area contributed by atoms with Crippen LogP contribution in [0.3, 0.4) is 0 Å². The van der Waals surface area contributed by atoms with Gasteiger partial charge in [0.25, 0.3) is 0 Å². The van der Waals surface area contributed by atoms with Gasteiger partial charge in [0, 0.05) is 20.6 Å². The van der Waals surface area contributed by atoms with Crippen molar-refractivity contribution in [2.45, 2.75) is 26.8 Å². The molecule has 0 spiro atoms. The van der Waals surface area contributed by atoms with Gasteiger partial charge < -0.3 is 19.5 Å². The second-order valence-corrected chi connectivity index (χ2v) is 4.46. The predicted molar refractivity (Wildman–Crippen MR) is 72.9 cm³/mol.